The first kappa shape index (κ1) is 28.4. The lowest BCUT2D eigenvalue weighted by Gasteiger charge is -2.72. The molecule has 0 radical (unpaired) electrons. The number of aromatic nitrogens is 1. The number of carbonyl (C=O) groups excluding carboxylic acids is 1. The van der Waals surface area contributed by atoms with Gasteiger partial charge < -0.3 is 9.84 Å². The number of aliphatic hydroxyl groups excluding tert-OH is 1. The van der Waals surface area contributed by atoms with Gasteiger partial charge in [-0.05, 0) is 128 Å². The molecule has 5 aliphatic carbocycles. The molecule has 0 aliphatic heterocycles. The molecule has 1 aromatic heterocycles. The maximum atomic E-state index is 12.9. The van der Waals surface area contributed by atoms with Crippen LogP contribution >= 0.6 is 0 Å². The van der Waals surface area contributed by atoms with Crippen molar-refractivity contribution in [2.24, 2.45) is 57.2 Å². The summed E-state index contributed by atoms with van der Waals surface area (Å²) in [6.45, 7) is 17.7. The number of nitrogens with zero attached hydrogens (tertiary/aromatic N) is 1. The Kier molecular flexibility index (Phi) is 7.08. The Morgan fingerprint density at radius 1 is 0.925 bits per heavy atom. The van der Waals surface area contributed by atoms with E-state index >= 15 is 0 Å². The van der Waals surface area contributed by atoms with Crippen LogP contribution in [0.25, 0.3) is 0 Å². The fraction of sp³-hybridized carbons (Fsp3) is 0.778. The molecule has 0 spiro atoms. The number of pyridine rings is 1. The molecule has 4 nitrogen and oxygen atoms in total. The third kappa shape index (κ3) is 4.01. The Labute approximate surface area is 243 Å². The molecule has 5 aliphatic rings. The molecule has 11 atom stereocenters. The largest absolute Gasteiger partial charge is 0.457 e. The summed E-state index contributed by atoms with van der Waals surface area (Å²) in [5.74, 6) is 3.46. The highest BCUT2D eigenvalue weighted by molar-refractivity contribution is 5.67. The Bertz CT molecular complexity index is 1130. The van der Waals surface area contributed by atoms with Crippen LogP contribution in [0.3, 0.4) is 0 Å². The van der Waals surface area contributed by atoms with E-state index in [9.17, 15) is 9.90 Å². The Hall–Kier alpha value is -1.68. The standard InChI is InChI=1S/C36H54NO3/c1-24(2)26-12-17-36(23-38)19-18-34(5)28(32(26)36)10-11-30-33(4)15-14-29(25(3)27(33)13-16-35(30,34)6)40-31(39)22-37-20-8-7-9-21-37/h7-9,20-21,25-30,32,38H,1,10-19,22-23H2,2-6H3/q+1/t25-,26+,27?,28?,29+,30?,32?,33+,34-,35-,36-/m1/s1. The molecular weight excluding hydrogens is 494 g/mol. The number of esters is 1. The summed E-state index contributed by atoms with van der Waals surface area (Å²) in [4.78, 5) is 12.9. The van der Waals surface area contributed by atoms with Crippen LogP contribution in [0.2, 0.25) is 0 Å². The van der Waals surface area contributed by atoms with Gasteiger partial charge in [0.1, 0.15) is 6.10 Å². The minimum absolute atomic E-state index is 0.0285. The average molecular weight is 549 g/mol. The zero-order valence-corrected chi connectivity index (χ0v) is 25.8. The normalized spacial score (nSPS) is 47.8. The molecule has 0 amide bonds. The van der Waals surface area contributed by atoms with E-state index in [2.05, 4.69) is 41.2 Å². The lowest BCUT2D eigenvalue weighted by Crippen LogP contribution is -2.65. The van der Waals surface area contributed by atoms with E-state index in [4.69, 9.17) is 4.74 Å². The molecule has 220 valence electrons. The van der Waals surface area contributed by atoms with E-state index in [-0.39, 0.29) is 24.0 Å². The summed E-state index contributed by atoms with van der Waals surface area (Å²) in [5, 5.41) is 10.7. The summed E-state index contributed by atoms with van der Waals surface area (Å²) >= 11 is 0. The number of ether oxygens (including phenoxy) is 1. The van der Waals surface area contributed by atoms with Crippen LogP contribution in [0.15, 0.2) is 42.7 Å². The van der Waals surface area contributed by atoms with Crippen LogP contribution < -0.4 is 4.57 Å². The fourth-order valence-corrected chi connectivity index (χ4v) is 12.2. The topological polar surface area (TPSA) is 50.4 Å². The lowest BCUT2D eigenvalue weighted by molar-refractivity contribution is -0.686. The molecule has 1 aromatic rings. The highest BCUT2D eigenvalue weighted by atomic mass is 16.5. The number of fused-ring (bicyclic) bond motifs is 7. The summed E-state index contributed by atoms with van der Waals surface area (Å²) in [6.07, 6.45) is 16.0. The van der Waals surface area contributed by atoms with Gasteiger partial charge in [0.15, 0.2) is 12.4 Å². The van der Waals surface area contributed by atoms with Crippen molar-refractivity contribution in [1.29, 1.82) is 0 Å². The summed E-state index contributed by atoms with van der Waals surface area (Å²) in [5.41, 5.74) is 2.39. The molecule has 0 bridgehead atoms. The van der Waals surface area contributed by atoms with Crippen LogP contribution in [0.5, 0.6) is 0 Å². The van der Waals surface area contributed by atoms with Gasteiger partial charge in [-0.3, -0.25) is 0 Å². The fourth-order valence-electron chi connectivity index (χ4n) is 12.2. The van der Waals surface area contributed by atoms with Gasteiger partial charge in [0.25, 0.3) is 0 Å². The van der Waals surface area contributed by atoms with Crippen LogP contribution in [0, 0.1) is 57.2 Å². The van der Waals surface area contributed by atoms with Gasteiger partial charge in [-0.25, -0.2) is 4.79 Å². The van der Waals surface area contributed by atoms with E-state index in [1.165, 1.54) is 56.9 Å². The number of hydrogen-bond donors (Lipinski definition) is 1. The Morgan fingerprint density at radius 2 is 1.68 bits per heavy atom. The molecule has 4 unspecified atom stereocenters. The van der Waals surface area contributed by atoms with Crippen molar-refractivity contribution in [2.45, 2.75) is 111 Å². The predicted octanol–water partition coefficient (Wildman–Crippen LogP) is 7.15. The van der Waals surface area contributed by atoms with E-state index < -0.39 is 0 Å². The zero-order chi connectivity index (χ0) is 28.5. The number of allylic oxidation sites excluding steroid dienone is 1. The predicted molar refractivity (Wildman–Crippen MR) is 158 cm³/mol. The van der Waals surface area contributed by atoms with Crippen LogP contribution in [-0.2, 0) is 16.1 Å². The molecule has 40 heavy (non-hydrogen) atoms. The monoisotopic (exact) mass is 548 g/mol. The lowest BCUT2D eigenvalue weighted by atomic mass is 9.33. The van der Waals surface area contributed by atoms with Crippen molar-refractivity contribution < 1.29 is 19.2 Å². The summed E-state index contributed by atoms with van der Waals surface area (Å²) in [6, 6.07) is 5.88. The molecule has 1 N–H and O–H groups in total. The van der Waals surface area contributed by atoms with Gasteiger partial charge in [-0.15, -0.1) is 0 Å². The quantitative estimate of drug-likeness (QED) is 0.242. The minimum Gasteiger partial charge on any atom is -0.457 e. The molecule has 5 fully saturated rings. The van der Waals surface area contributed by atoms with Crippen LogP contribution in [-0.4, -0.2) is 23.8 Å². The summed E-state index contributed by atoms with van der Waals surface area (Å²) in [7, 11) is 0. The highest BCUT2D eigenvalue weighted by Gasteiger charge is 2.70. The maximum Gasteiger partial charge on any atom is 0.372 e. The van der Waals surface area contributed by atoms with Gasteiger partial charge in [-0.1, -0.05) is 45.9 Å². The minimum atomic E-state index is -0.108. The second-order valence-corrected chi connectivity index (χ2v) is 15.7. The number of aliphatic hydroxyl groups is 1. The molecule has 0 saturated heterocycles. The Morgan fingerprint density at radius 3 is 2.38 bits per heavy atom. The second kappa shape index (κ2) is 9.96. The van der Waals surface area contributed by atoms with E-state index in [1.807, 2.05) is 35.2 Å². The van der Waals surface area contributed by atoms with Crippen molar-refractivity contribution in [3.8, 4) is 0 Å². The van der Waals surface area contributed by atoms with Crippen LogP contribution in [0.1, 0.15) is 98.8 Å². The van der Waals surface area contributed by atoms with Crippen molar-refractivity contribution in [1.82, 2.24) is 0 Å². The van der Waals surface area contributed by atoms with Gasteiger partial charge in [0.2, 0.25) is 6.54 Å². The van der Waals surface area contributed by atoms with Crippen molar-refractivity contribution >= 4 is 5.97 Å². The number of hydrogen-bond acceptors (Lipinski definition) is 3. The first-order valence-corrected chi connectivity index (χ1v) is 16.4. The maximum absolute atomic E-state index is 12.9. The SMILES string of the molecule is C=C(C)[C@@H]1CC[C@]2(CO)CC[C@]3(C)C(CCC4[C@@]5(C)CC[C@H](OC(=O)C[n+]6ccccc6)[C@H](C)C5CC[C@]43C)C12. The molecule has 5 saturated carbocycles. The number of rotatable bonds is 5. The van der Waals surface area contributed by atoms with E-state index in [1.54, 1.807) is 0 Å². The second-order valence-electron chi connectivity index (χ2n) is 15.7. The Balaban J connectivity index is 1.23. The first-order chi connectivity index (χ1) is 19.0. The summed E-state index contributed by atoms with van der Waals surface area (Å²) < 4.78 is 8.09. The van der Waals surface area contributed by atoms with Gasteiger partial charge in [0, 0.05) is 18.7 Å². The zero-order valence-electron chi connectivity index (χ0n) is 25.8. The van der Waals surface area contributed by atoms with Crippen molar-refractivity contribution in [3.63, 3.8) is 0 Å². The third-order valence-electron chi connectivity index (χ3n) is 14.5. The molecular formula is C36H54NO3+. The van der Waals surface area contributed by atoms with E-state index in [0.717, 1.165) is 12.8 Å². The van der Waals surface area contributed by atoms with E-state index in [0.29, 0.717) is 58.4 Å². The third-order valence-corrected chi connectivity index (χ3v) is 14.5. The smallest absolute Gasteiger partial charge is 0.372 e. The van der Waals surface area contributed by atoms with Crippen molar-refractivity contribution in [2.75, 3.05) is 6.61 Å². The highest BCUT2D eigenvalue weighted by Crippen LogP contribution is 2.76. The first-order valence-electron chi connectivity index (χ1n) is 16.4. The van der Waals surface area contributed by atoms with Gasteiger partial charge in [0.05, 0.1) is 0 Å². The van der Waals surface area contributed by atoms with Crippen LogP contribution in [0.4, 0.5) is 0 Å². The molecule has 4 heteroatoms. The van der Waals surface area contributed by atoms with Crippen molar-refractivity contribution in [3.05, 3.63) is 42.7 Å². The van der Waals surface area contributed by atoms with Gasteiger partial charge >= 0.3 is 5.97 Å². The molecule has 1 heterocycles. The molecule has 6 rings (SSSR count). The van der Waals surface area contributed by atoms with Gasteiger partial charge in [-0.2, -0.15) is 4.57 Å². The average Bonchev–Trinajstić information content (AvgIpc) is 3.32. The molecule has 0 aromatic carbocycles. The number of carbonyl (C=O) groups is 1.